The molecule has 0 bridgehead atoms. The summed E-state index contributed by atoms with van der Waals surface area (Å²) in [6.07, 6.45) is 3.11. The average molecular weight is 158 g/mol. The van der Waals surface area contributed by atoms with Gasteiger partial charge in [0.25, 0.3) is 0 Å². The summed E-state index contributed by atoms with van der Waals surface area (Å²) in [6, 6.07) is 0. The first-order valence-corrected chi connectivity index (χ1v) is 4.50. The monoisotopic (exact) mass is 158 g/mol. The second kappa shape index (κ2) is 3.11. The molecule has 0 radical (unpaired) electrons. The van der Waals surface area contributed by atoms with E-state index < -0.39 is 5.60 Å². The standard InChI is InChI=1S/C9H18O2/c1-3-9(11)6-4-5-8(10)7(9)2/h7-8,10-11H,3-6H2,1-2H3. The van der Waals surface area contributed by atoms with Crippen LogP contribution >= 0.6 is 0 Å². The van der Waals surface area contributed by atoms with E-state index >= 15 is 0 Å². The minimum absolute atomic E-state index is 0.0428. The second-order valence-electron chi connectivity index (χ2n) is 3.71. The van der Waals surface area contributed by atoms with Crippen LogP contribution in [0.1, 0.15) is 39.5 Å². The Morgan fingerprint density at radius 3 is 2.64 bits per heavy atom. The Bertz CT molecular complexity index is 136. The van der Waals surface area contributed by atoms with Crippen LogP contribution in [0.3, 0.4) is 0 Å². The van der Waals surface area contributed by atoms with Crippen molar-refractivity contribution in [2.75, 3.05) is 0 Å². The van der Waals surface area contributed by atoms with Crippen molar-refractivity contribution in [1.82, 2.24) is 0 Å². The molecule has 3 unspecified atom stereocenters. The fraction of sp³-hybridized carbons (Fsp3) is 1.00. The lowest BCUT2D eigenvalue weighted by molar-refractivity contribution is -0.0977. The van der Waals surface area contributed by atoms with Crippen LogP contribution in [0.15, 0.2) is 0 Å². The summed E-state index contributed by atoms with van der Waals surface area (Å²) in [4.78, 5) is 0. The van der Waals surface area contributed by atoms with Crippen LogP contribution in [0, 0.1) is 5.92 Å². The highest BCUT2D eigenvalue weighted by Gasteiger charge is 2.39. The molecule has 2 heteroatoms. The lowest BCUT2D eigenvalue weighted by Crippen LogP contribution is -2.45. The highest BCUT2D eigenvalue weighted by atomic mass is 16.3. The van der Waals surface area contributed by atoms with Gasteiger partial charge in [0.2, 0.25) is 0 Å². The van der Waals surface area contributed by atoms with Crippen molar-refractivity contribution in [3.63, 3.8) is 0 Å². The number of hydrogen-bond acceptors (Lipinski definition) is 2. The van der Waals surface area contributed by atoms with Gasteiger partial charge in [-0.25, -0.2) is 0 Å². The van der Waals surface area contributed by atoms with E-state index in [2.05, 4.69) is 0 Å². The number of rotatable bonds is 1. The summed E-state index contributed by atoms with van der Waals surface area (Å²) in [5.41, 5.74) is -0.600. The first-order valence-electron chi connectivity index (χ1n) is 4.50. The van der Waals surface area contributed by atoms with Gasteiger partial charge in [0.1, 0.15) is 0 Å². The predicted octanol–water partition coefficient (Wildman–Crippen LogP) is 1.31. The van der Waals surface area contributed by atoms with Crippen molar-refractivity contribution in [2.24, 2.45) is 5.92 Å². The Morgan fingerprint density at radius 2 is 2.18 bits per heavy atom. The van der Waals surface area contributed by atoms with E-state index in [4.69, 9.17) is 0 Å². The zero-order valence-corrected chi connectivity index (χ0v) is 7.38. The maximum atomic E-state index is 9.96. The van der Waals surface area contributed by atoms with Crippen molar-refractivity contribution in [1.29, 1.82) is 0 Å². The molecular weight excluding hydrogens is 140 g/mol. The van der Waals surface area contributed by atoms with Crippen molar-refractivity contribution >= 4 is 0 Å². The molecular formula is C9H18O2. The molecule has 0 saturated heterocycles. The predicted molar refractivity (Wildman–Crippen MR) is 44.3 cm³/mol. The highest BCUT2D eigenvalue weighted by Crippen LogP contribution is 2.35. The van der Waals surface area contributed by atoms with E-state index in [1.807, 2.05) is 13.8 Å². The van der Waals surface area contributed by atoms with Crippen LogP contribution < -0.4 is 0 Å². The maximum absolute atomic E-state index is 9.96. The molecule has 11 heavy (non-hydrogen) atoms. The van der Waals surface area contributed by atoms with Gasteiger partial charge in [-0.2, -0.15) is 0 Å². The molecule has 0 amide bonds. The van der Waals surface area contributed by atoms with Crippen molar-refractivity contribution in [3.8, 4) is 0 Å². The molecule has 0 spiro atoms. The normalized spacial score (nSPS) is 45.8. The molecule has 0 heterocycles. The molecule has 2 N–H and O–H groups in total. The third kappa shape index (κ3) is 1.57. The van der Waals surface area contributed by atoms with E-state index in [-0.39, 0.29) is 12.0 Å². The SMILES string of the molecule is CCC1(O)CCCC(O)C1C. The Hall–Kier alpha value is -0.0800. The first-order chi connectivity index (χ1) is 5.10. The van der Waals surface area contributed by atoms with Gasteiger partial charge in [-0.05, 0) is 25.7 Å². The minimum Gasteiger partial charge on any atom is -0.393 e. The smallest absolute Gasteiger partial charge is 0.0695 e. The molecule has 3 atom stereocenters. The molecule has 0 aromatic carbocycles. The Morgan fingerprint density at radius 1 is 1.55 bits per heavy atom. The molecule has 0 aromatic rings. The van der Waals surface area contributed by atoms with E-state index in [0.29, 0.717) is 0 Å². The molecule has 1 aliphatic carbocycles. The molecule has 1 fully saturated rings. The molecule has 1 rings (SSSR count). The van der Waals surface area contributed by atoms with Gasteiger partial charge in [-0.1, -0.05) is 13.8 Å². The summed E-state index contributed by atoms with van der Waals surface area (Å²) in [7, 11) is 0. The van der Waals surface area contributed by atoms with Crippen LogP contribution in [-0.2, 0) is 0 Å². The van der Waals surface area contributed by atoms with E-state index in [0.717, 1.165) is 25.7 Å². The minimum atomic E-state index is -0.600. The van der Waals surface area contributed by atoms with Crippen molar-refractivity contribution < 1.29 is 10.2 Å². The van der Waals surface area contributed by atoms with Gasteiger partial charge in [-0.3, -0.25) is 0 Å². The van der Waals surface area contributed by atoms with Crippen LogP contribution in [0.5, 0.6) is 0 Å². The molecule has 1 saturated carbocycles. The summed E-state index contributed by atoms with van der Waals surface area (Å²) >= 11 is 0. The van der Waals surface area contributed by atoms with Gasteiger partial charge in [0.05, 0.1) is 11.7 Å². The molecule has 66 valence electrons. The van der Waals surface area contributed by atoms with E-state index in [9.17, 15) is 10.2 Å². The zero-order valence-electron chi connectivity index (χ0n) is 7.38. The van der Waals surface area contributed by atoms with Gasteiger partial charge >= 0.3 is 0 Å². The highest BCUT2D eigenvalue weighted by molar-refractivity contribution is 4.90. The second-order valence-corrected chi connectivity index (χ2v) is 3.71. The summed E-state index contributed by atoms with van der Waals surface area (Å²) < 4.78 is 0. The average Bonchev–Trinajstić information content (AvgIpc) is 2.00. The maximum Gasteiger partial charge on any atom is 0.0695 e. The van der Waals surface area contributed by atoms with Crippen LogP contribution in [0.25, 0.3) is 0 Å². The Labute approximate surface area is 68.2 Å². The fourth-order valence-electron chi connectivity index (χ4n) is 1.95. The van der Waals surface area contributed by atoms with Gasteiger partial charge in [0, 0.05) is 5.92 Å². The molecule has 1 aliphatic rings. The number of aliphatic hydroxyl groups is 2. The molecule has 0 aromatic heterocycles. The third-order valence-electron chi connectivity index (χ3n) is 3.15. The van der Waals surface area contributed by atoms with Crippen LogP contribution in [-0.4, -0.2) is 21.9 Å². The number of hydrogen-bond donors (Lipinski definition) is 2. The lowest BCUT2D eigenvalue weighted by Gasteiger charge is -2.40. The summed E-state index contributed by atoms with van der Waals surface area (Å²) in [5.74, 6) is 0.0428. The van der Waals surface area contributed by atoms with Gasteiger partial charge in [-0.15, -0.1) is 0 Å². The fourth-order valence-corrected chi connectivity index (χ4v) is 1.95. The van der Waals surface area contributed by atoms with Crippen molar-refractivity contribution in [3.05, 3.63) is 0 Å². The van der Waals surface area contributed by atoms with Crippen molar-refractivity contribution in [2.45, 2.75) is 51.2 Å². The lowest BCUT2D eigenvalue weighted by atomic mass is 9.73. The third-order valence-corrected chi connectivity index (χ3v) is 3.15. The summed E-state index contributed by atoms with van der Waals surface area (Å²) in [6.45, 7) is 3.92. The summed E-state index contributed by atoms with van der Waals surface area (Å²) in [5, 5.41) is 19.4. The molecule has 0 aliphatic heterocycles. The first kappa shape index (κ1) is 9.01. The zero-order chi connectivity index (χ0) is 8.48. The Balaban J connectivity index is 2.64. The topological polar surface area (TPSA) is 40.5 Å². The van der Waals surface area contributed by atoms with Gasteiger partial charge < -0.3 is 10.2 Å². The van der Waals surface area contributed by atoms with Crippen LogP contribution in [0.2, 0.25) is 0 Å². The van der Waals surface area contributed by atoms with E-state index in [1.165, 1.54) is 0 Å². The molecule has 2 nitrogen and oxygen atoms in total. The number of aliphatic hydroxyl groups excluding tert-OH is 1. The van der Waals surface area contributed by atoms with Crippen LogP contribution in [0.4, 0.5) is 0 Å². The largest absolute Gasteiger partial charge is 0.393 e. The quantitative estimate of drug-likeness (QED) is 0.604. The van der Waals surface area contributed by atoms with Gasteiger partial charge in [0.15, 0.2) is 0 Å². The Kier molecular flexibility index (Phi) is 2.55. The van der Waals surface area contributed by atoms with E-state index in [1.54, 1.807) is 0 Å².